The molecule has 3 rings (SSSR count). The van der Waals surface area contributed by atoms with Crippen molar-refractivity contribution in [3.8, 4) is 11.5 Å². The Morgan fingerprint density at radius 1 is 1.09 bits per heavy atom. The predicted octanol–water partition coefficient (Wildman–Crippen LogP) is 4.45. The van der Waals surface area contributed by atoms with E-state index >= 15 is 0 Å². The zero-order valence-corrected chi connectivity index (χ0v) is 18.2. The van der Waals surface area contributed by atoms with Crippen LogP contribution in [-0.4, -0.2) is 49.7 Å². The Bertz CT molecular complexity index is 992. The van der Waals surface area contributed by atoms with Crippen LogP contribution in [0.3, 0.4) is 0 Å². The van der Waals surface area contributed by atoms with E-state index in [0.717, 1.165) is 18.4 Å². The van der Waals surface area contributed by atoms with Crippen molar-refractivity contribution in [1.29, 1.82) is 0 Å². The number of nitrogens with zero attached hydrogens (tertiary/aromatic N) is 1. The van der Waals surface area contributed by atoms with Crippen LogP contribution in [0.2, 0.25) is 5.02 Å². The fraction of sp³-hybridized carbons (Fsp3) is 0.364. The second-order valence-corrected chi connectivity index (χ2v) is 7.76. The molecule has 2 amide bonds. The van der Waals surface area contributed by atoms with Gasteiger partial charge in [-0.15, -0.1) is 0 Å². The quantitative estimate of drug-likeness (QED) is 0.619. The number of halogens is 4. The van der Waals surface area contributed by atoms with E-state index in [-0.39, 0.29) is 29.1 Å². The summed E-state index contributed by atoms with van der Waals surface area (Å²) in [5, 5.41) is 2.08. The minimum Gasteiger partial charge on any atom is -0.493 e. The first-order chi connectivity index (χ1) is 15.1. The molecule has 1 saturated carbocycles. The maximum atomic E-state index is 13.2. The van der Waals surface area contributed by atoms with Crippen LogP contribution in [0, 0.1) is 0 Å². The lowest BCUT2D eigenvalue weighted by atomic mass is 10.1. The molecule has 0 radical (unpaired) electrons. The Hall–Kier alpha value is -2.94. The third kappa shape index (κ3) is 5.85. The summed E-state index contributed by atoms with van der Waals surface area (Å²) in [6.07, 6.45) is -2.75. The van der Waals surface area contributed by atoms with Crippen LogP contribution in [0.4, 0.5) is 13.2 Å². The highest BCUT2D eigenvalue weighted by atomic mass is 35.5. The normalized spacial score (nSPS) is 13.4. The van der Waals surface area contributed by atoms with Crippen molar-refractivity contribution in [2.24, 2.45) is 0 Å². The average molecular weight is 471 g/mol. The van der Waals surface area contributed by atoms with Crippen LogP contribution in [0.5, 0.6) is 11.5 Å². The maximum Gasteiger partial charge on any atom is 0.405 e. The van der Waals surface area contributed by atoms with Gasteiger partial charge in [-0.3, -0.25) is 9.59 Å². The van der Waals surface area contributed by atoms with E-state index in [1.807, 2.05) is 5.32 Å². The van der Waals surface area contributed by atoms with Gasteiger partial charge in [0, 0.05) is 23.7 Å². The Morgan fingerprint density at radius 3 is 2.28 bits per heavy atom. The molecule has 172 valence electrons. The summed E-state index contributed by atoms with van der Waals surface area (Å²) in [4.78, 5) is 26.8. The Morgan fingerprint density at radius 2 is 1.75 bits per heavy atom. The molecule has 0 aliphatic heterocycles. The van der Waals surface area contributed by atoms with E-state index in [1.54, 1.807) is 23.1 Å². The van der Waals surface area contributed by atoms with Crippen molar-refractivity contribution in [2.45, 2.75) is 31.6 Å². The molecule has 0 unspecified atom stereocenters. The predicted molar refractivity (Wildman–Crippen MR) is 112 cm³/mol. The number of hydrogen-bond acceptors (Lipinski definition) is 4. The topological polar surface area (TPSA) is 67.9 Å². The first-order valence-corrected chi connectivity index (χ1v) is 10.2. The molecule has 2 aromatic carbocycles. The van der Waals surface area contributed by atoms with Crippen LogP contribution in [0.15, 0.2) is 36.4 Å². The van der Waals surface area contributed by atoms with Crippen LogP contribution in [-0.2, 0) is 6.54 Å². The van der Waals surface area contributed by atoms with Crippen LogP contribution in [0.1, 0.15) is 39.1 Å². The summed E-state index contributed by atoms with van der Waals surface area (Å²) < 4.78 is 47.3. The smallest absolute Gasteiger partial charge is 0.405 e. The molecule has 6 nitrogen and oxygen atoms in total. The molecule has 1 fully saturated rings. The van der Waals surface area contributed by atoms with Gasteiger partial charge in [0.05, 0.1) is 19.2 Å². The molecule has 1 aliphatic carbocycles. The van der Waals surface area contributed by atoms with Gasteiger partial charge in [0.15, 0.2) is 11.5 Å². The summed E-state index contributed by atoms with van der Waals surface area (Å²) in [5.41, 5.74) is 1.20. The first kappa shape index (κ1) is 23.7. The largest absolute Gasteiger partial charge is 0.493 e. The minimum atomic E-state index is -4.48. The van der Waals surface area contributed by atoms with Crippen LogP contribution < -0.4 is 14.8 Å². The van der Waals surface area contributed by atoms with Crippen molar-refractivity contribution >= 4 is 23.4 Å². The van der Waals surface area contributed by atoms with Gasteiger partial charge in [0.1, 0.15) is 6.54 Å². The number of alkyl halides is 3. The Kier molecular flexibility index (Phi) is 7.18. The van der Waals surface area contributed by atoms with Crippen LogP contribution >= 0.6 is 11.6 Å². The second-order valence-electron chi connectivity index (χ2n) is 7.35. The molecule has 10 heteroatoms. The molecule has 0 aromatic heterocycles. The minimum absolute atomic E-state index is 0.0733. The summed E-state index contributed by atoms with van der Waals surface area (Å²) in [6.45, 7) is -1.12. The number of carbonyl (C=O) groups is 2. The summed E-state index contributed by atoms with van der Waals surface area (Å²) in [5.74, 6) is -0.372. The molecular weight excluding hydrogens is 449 g/mol. The van der Waals surface area contributed by atoms with Crippen LogP contribution in [0.25, 0.3) is 0 Å². The third-order valence-electron chi connectivity index (χ3n) is 4.95. The number of amides is 2. The number of carbonyl (C=O) groups excluding carboxylic acids is 2. The van der Waals surface area contributed by atoms with Crippen molar-refractivity contribution in [3.05, 3.63) is 58.1 Å². The standard InChI is InChI=1S/C22H22ClF3N2O4/c1-31-18-10-15(9-17(23)19(18)32-2)21(30)28(16-7-8-16)11-13-3-5-14(6-4-13)20(29)27-12-22(24,25)26/h3-6,9-10,16H,7-8,11-12H2,1-2H3,(H,27,29). The molecule has 0 heterocycles. The number of ether oxygens (including phenoxy) is 2. The average Bonchev–Trinajstić information content (AvgIpc) is 3.59. The fourth-order valence-corrected chi connectivity index (χ4v) is 3.49. The number of rotatable bonds is 8. The van der Waals surface area contributed by atoms with Crippen molar-refractivity contribution in [3.63, 3.8) is 0 Å². The molecule has 0 bridgehead atoms. The Balaban J connectivity index is 1.74. The van der Waals surface area contributed by atoms with E-state index in [4.69, 9.17) is 21.1 Å². The lowest BCUT2D eigenvalue weighted by molar-refractivity contribution is -0.123. The number of benzene rings is 2. The van der Waals surface area contributed by atoms with Crippen molar-refractivity contribution in [1.82, 2.24) is 10.2 Å². The zero-order chi connectivity index (χ0) is 23.5. The molecule has 32 heavy (non-hydrogen) atoms. The Labute approximate surface area is 188 Å². The fourth-order valence-electron chi connectivity index (χ4n) is 3.20. The molecule has 2 aromatic rings. The number of nitrogens with one attached hydrogen (secondary N) is 1. The molecular formula is C22H22ClF3N2O4. The highest BCUT2D eigenvalue weighted by Crippen LogP contribution is 2.37. The molecule has 1 N–H and O–H groups in total. The van der Waals surface area contributed by atoms with Gasteiger partial charge in [-0.1, -0.05) is 23.7 Å². The number of hydrogen-bond donors (Lipinski definition) is 1. The lowest BCUT2D eigenvalue weighted by Crippen LogP contribution is -2.34. The van der Waals surface area contributed by atoms with E-state index in [9.17, 15) is 22.8 Å². The van der Waals surface area contributed by atoms with Gasteiger partial charge in [-0.2, -0.15) is 13.2 Å². The lowest BCUT2D eigenvalue weighted by Gasteiger charge is -2.23. The van der Waals surface area contributed by atoms with E-state index in [0.29, 0.717) is 17.1 Å². The molecule has 0 saturated heterocycles. The number of methoxy groups -OCH3 is 2. The van der Waals surface area contributed by atoms with Gasteiger partial charge in [-0.25, -0.2) is 0 Å². The van der Waals surface area contributed by atoms with E-state index in [1.165, 1.54) is 32.4 Å². The molecule has 1 aliphatic rings. The van der Waals surface area contributed by atoms with Gasteiger partial charge in [-0.05, 0) is 42.7 Å². The molecule has 0 atom stereocenters. The van der Waals surface area contributed by atoms with E-state index in [2.05, 4.69) is 0 Å². The zero-order valence-electron chi connectivity index (χ0n) is 17.5. The highest BCUT2D eigenvalue weighted by molar-refractivity contribution is 6.32. The van der Waals surface area contributed by atoms with E-state index < -0.39 is 18.6 Å². The summed E-state index contributed by atoms with van der Waals surface area (Å²) in [6, 6.07) is 9.27. The highest BCUT2D eigenvalue weighted by Gasteiger charge is 2.34. The third-order valence-corrected chi connectivity index (χ3v) is 5.23. The van der Waals surface area contributed by atoms with Gasteiger partial charge in [0.25, 0.3) is 11.8 Å². The monoisotopic (exact) mass is 470 g/mol. The SMILES string of the molecule is COc1cc(C(=O)N(Cc2ccc(C(=O)NCC(F)(F)F)cc2)C2CC2)cc(Cl)c1OC. The first-order valence-electron chi connectivity index (χ1n) is 9.79. The van der Waals surface area contributed by atoms with Crippen molar-refractivity contribution < 1.29 is 32.2 Å². The van der Waals surface area contributed by atoms with Gasteiger partial charge in [0.2, 0.25) is 0 Å². The summed E-state index contributed by atoms with van der Waals surface area (Å²) in [7, 11) is 2.91. The van der Waals surface area contributed by atoms with Crippen molar-refractivity contribution in [2.75, 3.05) is 20.8 Å². The molecule has 0 spiro atoms. The maximum absolute atomic E-state index is 13.2. The van der Waals surface area contributed by atoms with Gasteiger partial charge < -0.3 is 19.7 Å². The second kappa shape index (κ2) is 9.68. The van der Waals surface area contributed by atoms with Gasteiger partial charge >= 0.3 is 6.18 Å². The summed E-state index contributed by atoms with van der Waals surface area (Å²) >= 11 is 6.23.